The Morgan fingerprint density at radius 3 is 1.74 bits per heavy atom. The van der Waals surface area contributed by atoms with Crippen LogP contribution in [0.1, 0.15) is 27.7 Å². The van der Waals surface area contributed by atoms with Crippen molar-refractivity contribution in [1.82, 2.24) is 0 Å². The molecule has 1 aromatic carbocycles. The third-order valence-electron chi connectivity index (χ3n) is 2.39. The van der Waals surface area contributed by atoms with E-state index in [-0.39, 0.29) is 59.2 Å². The fourth-order valence-corrected chi connectivity index (χ4v) is 4.96. The summed E-state index contributed by atoms with van der Waals surface area (Å²) in [5.74, 6) is 0. The molecule has 0 atom stereocenters. The molecule has 104 valence electrons. The van der Waals surface area contributed by atoms with Crippen molar-refractivity contribution in [2.75, 3.05) is 0 Å². The van der Waals surface area contributed by atoms with Crippen molar-refractivity contribution >= 4 is 36.8 Å². The maximum absolute atomic E-state index is 6.14. The van der Waals surface area contributed by atoms with E-state index in [0.717, 1.165) is 5.19 Å². The van der Waals surface area contributed by atoms with Crippen molar-refractivity contribution in [1.29, 1.82) is 0 Å². The van der Waals surface area contributed by atoms with E-state index in [2.05, 4.69) is 19.1 Å². The van der Waals surface area contributed by atoms with E-state index in [0.29, 0.717) is 6.04 Å². The molecule has 0 aromatic heterocycles. The van der Waals surface area contributed by atoms with Gasteiger partial charge in [0, 0.05) is 12.2 Å². The van der Waals surface area contributed by atoms with Gasteiger partial charge in [-0.3, -0.25) is 0 Å². The SMILES string of the molecule is [CH2-]C[Si](OC(C)C)(OC(C)C)c1ccccc1.[I-].[Mg+2]. The average molecular weight is 403 g/mol. The van der Waals surface area contributed by atoms with Crippen LogP contribution in [0.25, 0.3) is 0 Å². The topological polar surface area (TPSA) is 18.5 Å². The minimum atomic E-state index is -2.38. The fourth-order valence-electron chi connectivity index (χ4n) is 1.88. The van der Waals surface area contributed by atoms with Crippen molar-refractivity contribution in [3.05, 3.63) is 37.3 Å². The Kier molecular flexibility index (Phi) is 12.3. The number of hydrogen-bond donors (Lipinski definition) is 0. The van der Waals surface area contributed by atoms with Gasteiger partial charge in [-0.25, -0.2) is 0 Å². The van der Waals surface area contributed by atoms with E-state index in [9.17, 15) is 0 Å². The van der Waals surface area contributed by atoms with Crippen LogP contribution in [-0.2, 0) is 8.85 Å². The molecule has 0 spiro atoms. The van der Waals surface area contributed by atoms with Crippen LogP contribution in [0.2, 0.25) is 6.04 Å². The summed E-state index contributed by atoms with van der Waals surface area (Å²) in [6.45, 7) is 12.2. The van der Waals surface area contributed by atoms with Gasteiger partial charge in [0.15, 0.2) is 0 Å². The number of rotatable bonds is 6. The zero-order chi connectivity index (χ0) is 12.9. The summed E-state index contributed by atoms with van der Waals surface area (Å²) in [7, 11) is -2.38. The predicted molar refractivity (Wildman–Crippen MR) is 80.2 cm³/mol. The molecular weight excluding hydrogens is 379 g/mol. The van der Waals surface area contributed by atoms with Crippen LogP contribution < -0.4 is 29.2 Å². The first kappa shape index (κ1) is 22.1. The minimum absolute atomic E-state index is 0. The van der Waals surface area contributed by atoms with Crippen LogP contribution in [0.5, 0.6) is 0 Å². The van der Waals surface area contributed by atoms with Gasteiger partial charge >= 0.3 is 31.6 Å². The van der Waals surface area contributed by atoms with E-state index in [1.807, 2.05) is 45.9 Å². The van der Waals surface area contributed by atoms with Crippen molar-refractivity contribution < 1.29 is 32.8 Å². The summed E-state index contributed by atoms with van der Waals surface area (Å²) >= 11 is 0. The molecule has 0 aliphatic heterocycles. The molecule has 0 fully saturated rings. The molecule has 5 heteroatoms. The second-order valence-electron chi connectivity index (χ2n) is 4.70. The second-order valence-corrected chi connectivity index (χ2v) is 7.76. The normalized spacial score (nSPS) is 11.1. The van der Waals surface area contributed by atoms with Gasteiger partial charge in [0.1, 0.15) is 0 Å². The molecule has 0 radical (unpaired) electrons. The number of hydrogen-bond acceptors (Lipinski definition) is 2. The van der Waals surface area contributed by atoms with Crippen LogP contribution in [0.3, 0.4) is 0 Å². The molecule has 2 nitrogen and oxygen atoms in total. The predicted octanol–water partition coefficient (Wildman–Crippen LogP) is -0.357. The molecule has 0 saturated carbocycles. The van der Waals surface area contributed by atoms with Gasteiger partial charge in [0.2, 0.25) is 0 Å². The average Bonchev–Trinajstić information content (AvgIpc) is 2.28. The molecule has 0 saturated heterocycles. The van der Waals surface area contributed by atoms with Crippen molar-refractivity contribution in [2.24, 2.45) is 0 Å². The van der Waals surface area contributed by atoms with Crippen LogP contribution in [-0.4, -0.2) is 43.8 Å². The molecule has 0 unspecified atom stereocenters. The van der Waals surface area contributed by atoms with E-state index in [4.69, 9.17) is 8.85 Å². The third-order valence-corrected chi connectivity index (χ3v) is 5.97. The van der Waals surface area contributed by atoms with E-state index < -0.39 is 8.56 Å². The summed E-state index contributed by atoms with van der Waals surface area (Å²) in [4.78, 5) is 0. The number of halogens is 1. The van der Waals surface area contributed by atoms with Gasteiger partial charge in [-0.2, -0.15) is 0 Å². The van der Waals surface area contributed by atoms with Crippen molar-refractivity contribution in [3.8, 4) is 0 Å². The Labute approximate surface area is 152 Å². The van der Waals surface area contributed by atoms with Gasteiger partial charge in [-0.15, -0.1) is 6.04 Å². The summed E-state index contributed by atoms with van der Waals surface area (Å²) in [5.41, 5.74) is 0. The van der Waals surface area contributed by atoms with Crippen LogP contribution in [0.4, 0.5) is 0 Å². The standard InChI is InChI=1S/C14H23O2Si.HI.Mg/c1-6-17(15-12(2)3,16-13(4)5)14-10-8-7-9-11-14;;/h7-13H,1,6H2,2-5H3;1H;/q-1;;+2/p-1. The molecular formula is C14H23IMgO2Si. The monoisotopic (exact) mass is 402 g/mol. The summed E-state index contributed by atoms with van der Waals surface area (Å²) < 4.78 is 12.3. The minimum Gasteiger partial charge on any atom is -1.00 e. The van der Waals surface area contributed by atoms with Crippen molar-refractivity contribution in [2.45, 2.75) is 45.9 Å². The summed E-state index contributed by atoms with van der Waals surface area (Å²) in [6, 6.07) is 10.9. The molecule has 1 aromatic rings. The first-order chi connectivity index (χ1) is 8.00. The molecule has 0 bridgehead atoms. The fraction of sp³-hybridized carbons (Fsp3) is 0.500. The maximum atomic E-state index is 6.14. The van der Waals surface area contributed by atoms with E-state index in [1.165, 1.54) is 0 Å². The smallest absolute Gasteiger partial charge is 1.00 e. The largest absolute Gasteiger partial charge is 2.00 e. The summed E-state index contributed by atoms with van der Waals surface area (Å²) in [5, 5.41) is 1.16. The first-order valence-electron chi connectivity index (χ1n) is 6.20. The van der Waals surface area contributed by atoms with Gasteiger partial charge in [-0.05, 0) is 32.9 Å². The molecule has 1 rings (SSSR count). The van der Waals surface area contributed by atoms with Gasteiger partial charge in [0.25, 0.3) is 0 Å². The Morgan fingerprint density at radius 1 is 1.00 bits per heavy atom. The Hall–Kier alpha value is 0.853. The summed E-state index contributed by atoms with van der Waals surface area (Å²) in [6.07, 6.45) is 0.310. The van der Waals surface area contributed by atoms with Crippen LogP contribution in [0, 0.1) is 6.92 Å². The van der Waals surface area contributed by atoms with E-state index in [1.54, 1.807) is 0 Å². The molecule has 0 amide bonds. The zero-order valence-electron chi connectivity index (χ0n) is 12.4. The maximum Gasteiger partial charge on any atom is 2.00 e. The molecule has 0 aliphatic rings. The Bertz CT molecular complexity index is 323. The Balaban J connectivity index is 0. The second kappa shape index (κ2) is 10.6. The van der Waals surface area contributed by atoms with Crippen molar-refractivity contribution in [3.63, 3.8) is 0 Å². The quantitative estimate of drug-likeness (QED) is 0.368. The molecule has 0 heterocycles. The zero-order valence-corrected chi connectivity index (χ0v) is 16.9. The van der Waals surface area contributed by atoms with E-state index >= 15 is 0 Å². The molecule has 0 N–H and O–H groups in total. The first-order valence-corrected chi connectivity index (χ1v) is 8.23. The van der Waals surface area contributed by atoms with Gasteiger partial charge < -0.3 is 39.8 Å². The van der Waals surface area contributed by atoms with Crippen LogP contribution in [0.15, 0.2) is 30.3 Å². The van der Waals surface area contributed by atoms with Gasteiger partial charge in [-0.1, -0.05) is 30.3 Å². The number of benzene rings is 1. The van der Waals surface area contributed by atoms with Gasteiger partial charge in [0.05, 0.1) is 0 Å². The molecule has 19 heavy (non-hydrogen) atoms. The van der Waals surface area contributed by atoms with Crippen LogP contribution >= 0.6 is 0 Å². The Morgan fingerprint density at radius 2 is 1.42 bits per heavy atom. The third kappa shape index (κ3) is 6.90. The molecule has 0 aliphatic carbocycles.